The van der Waals surface area contributed by atoms with Crippen LogP contribution in [-0.4, -0.2) is 37.0 Å². The zero-order valence-electron chi connectivity index (χ0n) is 11.3. The van der Waals surface area contributed by atoms with E-state index in [0.717, 1.165) is 10.0 Å². The van der Waals surface area contributed by atoms with Gasteiger partial charge in [0.25, 0.3) is 0 Å². The van der Waals surface area contributed by atoms with Crippen LogP contribution in [0.15, 0.2) is 26.0 Å². The summed E-state index contributed by atoms with van der Waals surface area (Å²) in [5, 5.41) is 9.90. The summed E-state index contributed by atoms with van der Waals surface area (Å²) in [4.78, 5) is 0.233. The largest absolute Gasteiger partial charge is 0.391 e. The Bertz CT molecular complexity index is 618. The summed E-state index contributed by atoms with van der Waals surface area (Å²) in [6.45, 7) is 4.44. The normalized spacial score (nSPS) is 24.9. The van der Waals surface area contributed by atoms with Crippen LogP contribution in [0.1, 0.15) is 18.9 Å². The molecule has 0 saturated carbocycles. The number of aliphatic hydroxyl groups is 1. The second-order valence-corrected chi connectivity index (χ2v) is 8.84. The van der Waals surface area contributed by atoms with Crippen molar-refractivity contribution in [2.75, 3.05) is 13.1 Å². The molecule has 0 amide bonds. The topological polar surface area (TPSA) is 57.6 Å². The van der Waals surface area contributed by atoms with Gasteiger partial charge in [0, 0.05) is 22.0 Å². The van der Waals surface area contributed by atoms with Crippen molar-refractivity contribution in [1.82, 2.24) is 4.31 Å². The van der Waals surface area contributed by atoms with E-state index in [1.165, 1.54) is 4.31 Å². The highest BCUT2D eigenvalue weighted by Gasteiger charge is 2.34. The summed E-state index contributed by atoms with van der Waals surface area (Å²) in [6, 6.07) is 3.39. The molecule has 0 spiro atoms. The van der Waals surface area contributed by atoms with Crippen LogP contribution in [0.5, 0.6) is 0 Å². The van der Waals surface area contributed by atoms with Gasteiger partial charge in [0.05, 0.1) is 11.0 Å². The summed E-state index contributed by atoms with van der Waals surface area (Å²) in [5.41, 5.74) is 0.961. The number of halogens is 2. The molecule has 1 fully saturated rings. The van der Waals surface area contributed by atoms with Crippen molar-refractivity contribution in [2.45, 2.75) is 31.3 Å². The molecule has 0 aromatic heterocycles. The number of aryl methyl sites for hydroxylation is 1. The van der Waals surface area contributed by atoms with Crippen LogP contribution >= 0.6 is 31.9 Å². The Hall–Kier alpha value is 0.0500. The van der Waals surface area contributed by atoms with E-state index in [0.29, 0.717) is 17.4 Å². The molecule has 1 N–H and O–H groups in total. The lowest BCUT2D eigenvalue weighted by Gasteiger charge is -2.33. The number of β-amino-alcohol motifs (C(OH)–C–C–N with tert-alkyl or cyclic N) is 1. The maximum absolute atomic E-state index is 12.7. The smallest absolute Gasteiger partial charge is 0.244 e. The first kappa shape index (κ1) is 16.4. The van der Waals surface area contributed by atoms with Crippen molar-refractivity contribution in [1.29, 1.82) is 0 Å². The number of rotatable bonds is 2. The third-order valence-corrected chi connectivity index (χ3v) is 7.39. The monoisotopic (exact) mass is 425 g/mol. The highest BCUT2D eigenvalue weighted by molar-refractivity contribution is 9.11. The average Bonchev–Trinajstić information content (AvgIpc) is 2.36. The van der Waals surface area contributed by atoms with Crippen molar-refractivity contribution in [2.24, 2.45) is 5.92 Å². The minimum Gasteiger partial charge on any atom is -0.391 e. The summed E-state index contributed by atoms with van der Waals surface area (Å²) >= 11 is 6.69. The van der Waals surface area contributed by atoms with Crippen LogP contribution in [0, 0.1) is 12.8 Å². The van der Waals surface area contributed by atoms with E-state index >= 15 is 0 Å². The van der Waals surface area contributed by atoms with Gasteiger partial charge in [-0.15, -0.1) is 0 Å². The van der Waals surface area contributed by atoms with Gasteiger partial charge in [-0.25, -0.2) is 8.42 Å². The molecule has 2 atom stereocenters. The fourth-order valence-corrected chi connectivity index (χ4v) is 5.31. The zero-order valence-corrected chi connectivity index (χ0v) is 15.3. The molecular formula is C13H17Br2NO3S. The van der Waals surface area contributed by atoms with Gasteiger partial charge in [-0.2, -0.15) is 4.31 Å². The predicted octanol–water partition coefficient (Wildman–Crippen LogP) is 2.91. The Balaban J connectivity index is 2.38. The maximum Gasteiger partial charge on any atom is 0.244 e. The Morgan fingerprint density at radius 3 is 2.55 bits per heavy atom. The SMILES string of the molecule is Cc1cc(Br)c(S(=O)(=O)N2CCC(C)C(O)C2)cc1Br. The molecule has 112 valence electrons. The molecule has 1 aliphatic rings. The van der Waals surface area contributed by atoms with Crippen molar-refractivity contribution in [3.63, 3.8) is 0 Å². The standard InChI is InChI=1S/C13H17Br2NO3S/c1-8-3-4-16(7-12(8)17)20(18,19)13-6-10(14)9(2)5-11(13)15/h5-6,8,12,17H,3-4,7H2,1-2H3. The first-order valence-corrected chi connectivity index (χ1v) is 9.40. The number of aliphatic hydroxyl groups excluding tert-OH is 1. The molecule has 1 aromatic rings. The molecule has 0 radical (unpaired) electrons. The highest BCUT2D eigenvalue weighted by Crippen LogP contribution is 2.32. The van der Waals surface area contributed by atoms with E-state index in [4.69, 9.17) is 0 Å². The van der Waals surface area contributed by atoms with Crippen LogP contribution in [0.2, 0.25) is 0 Å². The summed E-state index contributed by atoms with van der Waals surface area (Å²) < 4.78 is 28.0. The molecule has 1 heterocycles. The van der Waals surface area contributed by atoms with Crippen molar-refractivity contribution >= 4 is 41.9 Å². The van der Waals surface area contributed by atoms with Crippen LogP contribution in [-0.2, 0) is 10.0 Å². The first-order chi connectivity index (χ1) is 9.23. The predicted molar refractivity (Wildman–Crippen MR) is 85.1 cm³/mol. The zero-order chi connectivity index (χ0) is 15.1. The molecular weight excluding hydrogens is 410 g/mol. The van der Waals surface area contributed by atoms with Crippen molar-refractivity contribution in [3.05, 3.63) is 26.6 Å². The van der Waals surface area contributed by atoms with Crippen LogP contribution in [0.4, 0.5) is 0 Å². The van der Waals surface area contributed by atoms with E-state index in [-0.39, 0.29) is 17.4 Å². The number of hydrogen-bond donors (Lipinski definition) is 1. The molecule has 2 unspecified atom stereocenters. The quantitative estimate of drug-likeness (QED) is 0.790. The Morgan fingerprint density at radius 2 is 1.95 bits per heavy atom. The first-order valence-electron chi connectivity index (χ1n) is 6.37. The number of hydrogen-bond acceptors (Lipinski definition) is 3. The summed E-state index contributed by atoms with van der Waals surface area (Å²) in [7, 11) is -3.59. The molecule has 2 rings (SSSR count). The Labute approximate surface area is 136 Å². The second kappa shape index (κ2) is 6.04. The lowest BCUT2D eigenvalue weighted by molar-refractivity contribution is 0.0605. The highest BCUT2D eigenvalue weighted by atomic mass is 79.9. The lowest BCUT2D eigenvalue weighted by Crippen LogP contribution is -2.45. The number of piperidine rings is 1. The van der Waals surface area contributed by atoms with Gasteiger partial charge in [0.15, 0.2) is 0 Å². The maximum atomic E-state index is 12.7. The molecule has 1 aromatic carbocycles. The van der Waals surface area contributed by atoms with Crippen molar-refractivity contribution < 1.29 is 13.5 Å². The van der Waals surface area contributed by atoms with Gasteiger partial charge in [-0.1, -0.05) is 22.9 Å². The molecule has 7 heteroatoms. The molecule has 1 aliphatic heterocycles. The Kier molecular flexibility index (Phi) is 4.96. The fraction of sp³-hybridized carbons (Fsp3) is 0.538. The van der Waals surface area contributed by atoms with Gasteiger partial charge >= 0.3 is 0 Å². The van der Waals surface area contributed by atoms with Crippen LogP contribution < -0.4 is 0 Å². The van der Waals surface area contributed by atoms with E-state index in [2.05, 4.69) is 31.9 Å². The number of benzene rings is 1. The lowest BCUT2D eigenvalue weighted by atomic mass is 9.98. The van der Waals surface area contributed by atoms with E-state index < -0.39 is 16.1 Å². The average molecular weight is 427 g/mol. The molecule has 4 nitrogen and oxygen atoms in total. The molecule has 1 saturated heterocycles. The fourth-order valence-electron chi connectivity index (χ4n) is 2.20. The molecule has 0 bridgehead atoms. The van der Waals surface area contributed by atoms with Gasteiger partial charge in [-0.3, -0.25) is 0 Å². The van der Waals surface area contributed by atoms with Crippen LogP contribution in [0.3, 0.4) is 0 Å². The van der Waals surface area contributed by atoms with E-state index in [1.54, 1.807) is 12.1 Å². The van der Waals surface area contributed by atoms with Gasteiger partial charge in [0.1, 0.15) is 0 Å². The third-order valence-electron chi connectivity index (χ3n) is 3.71. The van der Waals surface area contributed by atoms with Crippen molar-refractivity contribution in [3.8, 4) is 0 Å². The van der Waals surface area contributed by atoms with Gasteiger partial charge in [0.2, 0.25) is 10.0 Å². The second-order valence-electron chi connectivity index (χ2n) is 5.23. The minimum atomic E-state index is -3.59. The van der Waals surface area contributed by atoms with Gasteiger partial charge < -0.3 is 5.11 Å². The summed E-state index contributed by atoms with van der Waals surface area (Å²) in [5.74, 6) is 0.134. The third kappa shape index (κ3) is 3.11. The Morgan fingerprint density at radius 1 is 1.30 bits per heavy atom. The van der Waals surface area contributed by atoms with E-state index in [9.17, 15) is 13.5 Å². The number of nitrogens with zero attached hydrogens (tertiary/aromatic N) is 1. The van der Waals surface area contributed by atoms with E-state index in [1.807, 2.05) is 13.8 Å². The molecule has 20 heavy (non-hydrogen) atoms. The summed E-state index contributed by atoms with van der Waals surface area (Å²) in [6.07, 6.45) is 0.0663. The van der Waals surface area contributed by atoms with Crippen LogP contribution in [0.25, 0.3) is 0 Å². The molecule has 0 aliphatic carbocycles. The van der Waals surface area contributed by atoms with Gasteiger partial charge in [-0.05, 0) is 52.9 Å². The number of sulfonamides is 1. The minimum absolute atomic E-state index is 0.134.